The number of hydrogen-bond acceptors (Lipinski definition) is 0. The van der Waals surface area contributed by atoms with E-state index in [0.29, 0.717) is 5.92 Å². The van der Waals surface area contributed by atoms with Crippen molar-refractivity contribution in [3.05, 3.63) is 154 Å². The number of rotatable bonds is 2. The van der Waals surface area contributed by atoms with Crippen LogP contribution in [0.15, 0.2) is 132 Å². The van der Waals surface area contributed by atoms with Gasteiger partial charge in [0.2, 0.25) is 0 Å². The van der Waals surface area contributed by atoms with Gasteiger partial charge in [-0.15, -0.1) is 0 Å². The fourth-order valence-corrected chi connectivity index (χ4v) is 29.8. The Labute approximate surface area is 273 Å². The summed E-state index contributed by atoms with van der Waals surface area (Å²) in [6.07, 6.45) is 8.07. The van der Waals surface area contributed by atoms with Crippen molar-refractivity contribution in [2.75, 3.05) is 0 Å². The Morgan fingerprint density at radius 1 is 0.533 bits per heavy atom. The predicted octanol–water partition coefficient (Wildman–Crippen LogP) is 11.5. The van der Waals surface area contributed by atoms with Crippen molar-refractivity contribution >= 4 is 43.2 Å². The van der Waals surface area contributed by atoms with Crippen LogP contribution in [0.2, 0.25) is 13.5 Å². The van der Waals surface area contributed by atoms with E-state index in [1.807, 2.05) is 5.20 Å². The van der Waals surface area contributed by atoms with Gasteiger partial charge in [0.1, 0.15) is 0 Å². The van der Waals surface area contributed by atoms with Crippen molar-refractivity contribution in [2.45, 2.75) is 36.0 Å². The summed E-state index contributed by atoms with van der Waals surface area (Å²) in [5, 5.41) is 8.99. The molecule has 0 aromatic heterocycles. The first-order chi connectivity index (χ1) is 22.1. The monoisotopic (exact) mass is 762 g/mol. The van der Waals surface area contributed by atoms with Crippen LogP contribution in [-0.4, -0.2) is 9.52 Å². The zero-order valence-corrected chi connectivity index (χ0v) is 31.2. The van der Waals surface area contributed by atoms with Gasteiger partial charge in [-0.2, -0.15) is 0 Å². The molecule has 6 aromatic rings. The van der Waals surface area contributed by atoms with E-state index in [9.17, 15) is 0 Å². The molecule has 1 heterocycles. The first-order valence-electron chi connectivity index (χ1n) is 16.7. The molecular weight excluding hydrogens is 723 g/mol. The summed E-state index contributed by atoms with van der Waals surface area (Å²) < 4.78 is 7.72. The van der Waals surface area contributed by atoms with Crippen LogP contribution in [0.5, 0.6) is 0 Å². The quantitative estimate of drug-likeness (QED) is 0.154. The Bertz CT molecular complexity index is 2210. The molecule has 0 N–H and O–H groups in total. The normalized spacial score (nSPS) is 20.4. The molecule has 0 amide bonds. The summed E-state index contributed by atoms with van der Waals surface area (Å²) in [7, 11) is -0.605. The molecule has 45 heavy (non-hydrogen) atoms. The van der Waals surface area contributed by atoms with Crippen LogP contribution in [0.1, 0.15) is 44.7 Å². The maximum atomic E-state index is 2.77. The SMILES string of the molecule is [CH3][Hf]1([CH3])[CH2]CCC2C(=Cc3c(-c4cccc5ccccc45)cccc32)[SiH2]C2=Cc3c(-c4cccc5ccccc45)cccc3[CH]21. The summed E-state index contributed by atoms with van der Waals surface area (Å²) in [5.74, 6) is 0.590. The van der Waals surface area contributed by atoms with Crippen LogP contribution in [0.4, 0.5) is 0 Å². The van der Waals surface area contributed by atoms with Crippen LogP contribution < -0.4 is 0 Å². The molecule has 1 saturated heterocycles. The number of fused-ring (bicyclic) bond motifs is 8. The van der Waals surface area contributed by atoms with Gasteiger partial charge in [-0.1, -0.05) is 0 Å². The van der Waals surface area contributed by atoms with Gasteiger partial charge in [-0.05, 0) is 0 Å². The predicted molar refractivity (Wildman–Crippen MR) is 195 cm³/mol. The Morgan fingerprint density at radius 3 is 1.71 bits per heavy atom. The second kappa shape index (κ2) is 10.7. The average molecular weight is 761 g/mol. The van der Waals surface area contributed by atoms with Crippen molar-refractivity contribution in [3.63, 3.8) is 0 Å². The van der Waals surface area contributed by atoms with Gasteiger partial charge in [0.05, 0.1) is 0 Å². The van der Waals surface area contributed by atoms with Crippen LogP contribution in [-0.2, 0) is 20.0 Å². The zero-order chi connectivity index (χ0) is 30.1. The molecule has 9 rings (SSSR count). The van der Waals surface area contributed by atoms with E-state index in [1.165, 1.54) is 71.9 Å². The molecule has 0 bridgehead atoms. The van der Waals surface area contributed by atoms with Gasteiger partial charge in [0.25, 0.3) is 0 Å². The van der Waals surface area contributed by atoms with Gasteiger partial charge in [0, 0.05) is 0 Å². The van der Waals surface area contributed by atoms with E-state index in [1.54, 1.807) is 16.3 Å². The molecule has 0 nitrogen and oxygen atoms in total. The van der Waals surface area contributed by atoms with Crippen molar-refractivity contribution < 1.29 is 20.0 Å². The molecule has 1 aliphatic heterocycles. The summed E-state index contributed by atoms with van der Waals surface area (Å²) in [5.41, 5.74) is 11.9. The first-order valence-corrected chi connectivity index (χ1v) is 29.9. The van der Waals surface area contributed by atoms with Crippen LogP contribution in [0.3, 0.4) is 0 Å². The molecule has 2 unspecified atom stereocenters. The third-order valence-electron chi connectivity index (χ3n) is 11.1. The van der Waals surface area contributed by atoms with Gasteiger partial charge < -0.3 is 0 Å². The molecule has 2 aliphatic carbocycles. The van der Waals surface area contributed by atoms with E-state index >= 15 is 0 Å². The zero-order valence-electron chi connectivity index (χ0n) is 26.2. The standard InChI is InChI=1S/C41H32Si.2CH3.Hf/c1-2-11-38-37-23-10-22-36(34-20-8-15-28-13-4-6-18-32(28)34)40(37)26-41(38)42-30-24-29-16-9-21-35(39(29)25-30)33-19-7-14-27-12-3-5-17-31(27)33;;;/h3-10,12-26,38H,1-2,11,42H2;2*1H3;. The third-order valence-corrected chi connectivity index (χ3v) is 28.7. The van der Waals surface area contributed by atoms with Gasteiger partial charge in [-0.25, -0.2) is 0 Å². The van der Waals surface area contributed by atoms with Crippen molar-refractivity contribution in [2.24, 2.45) is 0 Å². The Balaban J connectivity index is 1.19. The molecule has 0 saturated carbocycles. The van der Waals surface area contributed by atoms with Crippen molar-refractivity contribution in [1.82, 2.24) is 0 Å². The first kappa shape index (κ1) is 27.7. The average Bonchev–Trinajstić information content (AvgIpc) is 3.63. The van der Waals surface area contributed by atoms with E-state index in [2.05, 4.69) is 143 Å². The molecule has 6 aromatic carbocycles. The molecular formula is C43H38HfSi. The molecule has 0 spiro atoms. The summed E-state index contributed by atoms with van der Waals surface area (Å²) in [4.78, 5) is 0. The topological polar surface area (TPSA) is 0 Å². The molecule has 3 aliphatic rings. The summed E-state index contributed by atoms with van der Waals surface area (Å²) >= 11 is -2.63. The Hall–Kier alpha value is -3.59. The van der Waals surface area contributed by atoms with E-state index in [-0.39, 0.29) is 0 Å². The molecule has 0 radical (unpaired) electrons. The Morgan fingerprint density at radius 2 is 1.04 bits per heavy atom. The molecule has 1 fully saturated rings. The maximum absolute atomic E-state index is 2.77. The summed E-state index contributed by atoms with van der Waals surface area (Å²) in [6.45, 7) is 0. The van der Waals surface area contributed by atoms with Gasteiger partial charge >= 0.3 is 275 Å². The molecule has 2 atom stereocenters. The summed E-state index contributed by atoms with van der Waals surface area (Å²) in [6, 6.07) is 45.8. The number of hydrogen-bond donors (Lipinski definition) is 0. The van der Waals surface area contributed by atoms with Crippen LogP contribution in [0, 0.1) is 0 Å². The minimum absolute atomic E-state index is 0.590. The van der Waals surface area contributed by atoms with Gasteiger partial charge in [-0.3, -0.25) is 0 Å². The van der Waals surface area contributed by atoms with Crippen molar-refractivity contribution in [3.8, 4) is 22.3 Å². The number of benzene rings is 6. The van der Waals surface area contributed by atoms with E-state index in [0.717, 1.165) is 3.67 Å². The van der Waals surface area contributed by atoms with E-state index in [4.69, 9.17) is 0 Å². The molecule has 2 heteroatoms. The number of allylic oxidation sites excluding steroid dienone is 2. The Kier molecular flexibility index (Phi) is 6.62. The fraction of sp³-hybridized carbons (Fsp3) is 0.163. The third kappa shape index (κ3) is 4.48. The van der Waals surface area contributed by atoms with Crippen LogP contribution >= 0.6 is 0 Å². The fourth-order valence-electron chi connectivity index (χ4n) is 9.12. The molecule has 218 valence electrons. The van der Waals surface area contributed by atoms with Crippen molar-refractivity contribution in [1.29, 1.82) is 0 Å². The second-order valence-corrected chi connectivity index (χ2v) is 34.3. The van der Waals surface area contributed by atoms with Crippen LogP contribution in [0.25, 0.3) is 56.0 Å². The minimum atomic E-state index is -2.63. The van der Waals surface area contributed by atoms with Gasteiger partial charge in [0.15, 0.2) is 0 Å². The second-order valence-electron chi connectivity index (χ2n) is 14.2. The van der Waals surface area contributed by atoms with E-state index < -0.39 is 29.5 Å².